The molecule has 106 valence electrons. The number of anilines is 2. The molecule has 3 N–H and O–H groups in total. The summed E-state index contributed by atoms with van der Waals surface area (Å²) in [4.78, 5) is 20.2. The molecular weight excluding hydrogens is 242 g/mol. The van der Waals surface area contributed by atoms with Crippen LogP contribution in [0, 0.1) is 6.92 Å². The molecule has 0 unspecified atom stereocenters. The molecule has 1 aromatic heterocycles. The Morgan fingerprint density at radius 2 is 1.79 bits per heavy atom. The summed E-state index contributed by atoms with van der Waals surface area (Å²) in [6, 6.07) is 1.79. The van der Waals surface area contributed by atoms with Crippen molar-refractivity contribution in [3.05, 3.63) is 11.9 Å². The van der Waals surface area contributed by atoms with E-state index >= 15 is 0 Å². The molecule has 0 aliphatic heterocycles. The lowest BCUT2D eigenvalue weighted by molar-refractivity contribution is -0.120. The van der Waals surface area contributed by atoms with Gasteiger partial charge in [-0.05, 0) is 34.6 Å². The van der Waals surface area contributed by atoms with E-state index in [0.717, 1.165) is 12.4 Å². The molecule has 0 aromatic carbocycles. The van der Waals surface area contributed by atoms with E-state index in [9.17, 15) is 4.79 Å². The summed E-state index contributed by atoms with van der Waals surface area (Å²) < 4.78 is 0. The zero-order chi connectivity index (χ0) is 14.5. The normalized spacial score (nSPS) is 11.0. The molecule has 6 nitrogen and oxygen atoms in total. The number of rotatable bonds is 5. The third kappa shape index (κ3) is 6.03. The predicted octanol–water partition coefficient (Wildman–Crippen LogP) is 1.54. The van der Waals surface area contributed by atoms with Gasteiger partial charge in [-0.1, -0.05) is 0 Å². The van der Waals surface area contributed by atoms with Gasteiger partial charge in [-0.15, -0.1) is 0 Å². The van der Waals surface area contributed by atoms with Crippen LogP contribution in [-0.4, -0.2) is 34.5 Å². The van der Waals surface area contributed by atoms with Gasteiger partial charge in [0, 0.05) is 18.2 Å². The molecule has 1 aromatic rings. The standard InChI is InChI=1S/C13H23N5O/c1-6-14-10-7-11(17-9(2)16-10)15-8-12(19)18-13(3,4)5/h7H,6,8H2,1-5H3,(H,18,19)(H2,14,15,16,17). The Hall–Kier alpha value is -1.85. The molecule has 1 heterocycles. The molecule has 0 fully saturated rings. The fraction of sp³-hybridized carbons (Fsp3) is 0.615. The fourth-order valence-corrected chi connectivity index (χ4v) is 1.56. The predicted molar refractivity (Wildman–Crippen MR) is 77.3 cm³/mol. The zero-order valence-electron chi connectivity index (χ0n) is 12.3. The number of carbonyl (C=O) groups excluding carboxylic acids is 1. The molecule has 6 heteroatoms. The van der Waals surface area contributed by atoms with Gasteiger partial charge < -0.3 is 16.0 Å². The van der Waals surface area contributed by atoms with Crippen molar-refractivity contribution < 1.29 is 4.79 Å². The van der Waals surface area contributed by atoms with Crippen molar-refractivity contribution in [1.82, 2.24) is 15.3 Å². The first-order chi connectivity index (χ1) is 8.80. The molecule has 0 spiro atoms. The SMILES string of the molecule is CCNc1cc(NCC(=O)NC(C)(C)C)nc(C)n1. The average Bonchev–Trinajstić information content (AvgIpc) is 2.24. The third-order valence-corrected chi connectivity index (χ3v) is 2.14. The number of aryl methyl sites for hydroxylation is 1. The van der Waals surface area contributed by atoms with Crippen LogP contribution in [0.5, 0.6) is 0 Å². The van der Waals surface area contributed by atoms with Crippen LogP contribution in [-0.2, 0) is 4.79 Å². The first-order valence-electron chi connectivity index (χ1n) is 6.44. The van der Waals surface area contributed by atoms with Gasteiger partial charge in [0.05, 0.1) is 6.54 Å². The van der Waals surface area contributed by atoms with Crippen molar-refractivity contribution in [2.24, 2.45) is 0 Å². The maximum absolute atomic E-state index is 11.7. The number of hydrogen-bond donors (Lipinski definition) is 3. The minimum Gasteiger partial charge on any atom is -0.370 e. The number of nitrogens with zero attached hydrogens (tertiary/aromatic N) is 2. The van der Waals surface area contributed by atoms with Crippen LogP contribution < -0.4 is 16.0 Å². The van der Waals surface area contributed by atoms with Crippen molar-refractivity contribution in [2.45, 2.75) is 40.2 Å². The summed E-state index contributed by atoms with van der Waals surface area (Å²) in [7, 11) is 0. The van der Waals surface area contributed by atoms with Crippen LogP contribution in [0.3, 0.4) is 0 Å². The summed E-state index contributed by atoms with van der Waals surface area (Å²) in [5, 5.41) is 9.01. The Labute approximate surface area is 114 Å². The third-order valence-electron chi connectivity index (χ3n) is 2.14. The number of carbonyl (C=O) groups is 1. The van der Waals surface area contributed by atoms with Crippen LogP contribution >= 0.6 is 0 Å². The van der Waals surface area contributed by atoms with E-state index in [0.29, 0.717) is 11.6 Å². The summed E-state index contributed by atoms with van der Waals surface area (Å²) >= 11 is 0. The van der Waals surface area contributed by atoms with E-state index < -0.39 is 0 Å². The molecule has 1 amide bonds. The second kappa shape index (κ2) is 6.36. The minimum atomic E-state index is -0.227. The van der Waals surface area contributed by atoms with Gasteiger partial charge in [0.1, 0.15) is 17.5 Å². The molecule has 0 bridgehead atoms. The van der Waals surface area contributed by atoms with E-state index in [1.54, 1.807) is 6.07 Å². The topological polar surface area (TPSA) is 78.9 Å². The Morgan fingerprint density at radius 1 is 1.21 bits per heavy atom. The van der Waals surface area contributed by atoms with Gasteiger partial charge >= 0.3 is 0 Å². The van der Waals surface area contributed by atoms with Crippen molar-refractivity contribution in [1.29, 1.82) is 0 Å². The Kier molecular flexibility index (Phi) is 5.09. The van der Waals surface area contributed by atoms with Gasteiger partial charge in [0.25, 0.3) is 0 Å². The summed E-state index contributed by atoms with van der Waals surface area (Å²) in [5.74, 6) is 2.01. The lowest BCUT2D eigenvalue weighted by atomic mass is 10.1. The van der Waals surface area contributed by atoms with Crippen LogP contribution in [0.2, 0.25) is 0 Å². The monoisotopic (exact) mass is 265 g/mol. The number of aromatic nitrogens is 2. The van der Waals surface area contributed by atoms with Gasteiger partial charge in [-0.25, -0.2) is 9.97 Å². The molecule has 0 radical (unpaired) electrons. The maximum atomic E-state index is 11.7. The largest absolute Gasteiger partial charge is 0.370 e. The average molecular weight is 265 g/mol. The Balaban J connectivity index is 2.60. The first kappa shape index (κ1) is 15.2. The van der Waals surface area contributed by atoms with Gasteiger partial charge in [-0.2, -0.15) is 0 Å². The van der Waals surface area contributed by atoms with Crippen LogP contribution in [0.1, 0.15) is 33.5 Å². The highest BCUT2D eigenvalue weighted by atomic mass is 16.2. The van der Waals surface area contributed by atoms with E-state index in [4.69, 9.17) is 0 Å². The first-order valence-corrected chi connectivity index (χ1v) is 6.44. The smallest absolute Gasteiger partial charge is 0.239 e. The maximum Gasteiger partial charge on any atom is 0.239 e. The van der Waals surface area contributed by atoms with Crippen molar-refractivity contribution in [3.63, 3.8) is 0 Å². The second-order valence-corrected chi connectivity index (χ2v) is 5.37. The molecule has 0 aliphatic carbocycles. The summed E-state index contributed by atoms with van der Waals surface area (Å²) in [5.41, 5.74) is -0.227. The lowest BCUT2D eigenvalue weighted by Gasteiger charge is -2.20. The lowest BCUT2D eigenvalue weighted by Crippen LogP contribution is -2.43. The van der Waals surface area contributed by atoms with E-state index in [-0.39, 0.29) is 18.0 Å². The molecule has 0 saturated carbocycles. The van der Waals surface area contributed by atoms with Crippen LogP contribution in [0.15, 0.2) is 6.07 Å². The molecule has 0 saturated heterocycles. The van der Waals surface area contributed by atoms with Crippen molar-refractivity contribution in [3.8, 4) is 0 Å². The van der Waals surface area contributed by atoms with E-state index in [1.807, 2.05) is 34.6 Å². The number of amides is 1. The molecule has 19 heavy (non-hydrogen) atoms. The van der Waals surface area contributed by atoms with Gasteiger partial charge in [0.15, 0.2) is 0 Å². The second-order valence-electron chi connectivity index (χ2n) is 5.37. The van der Waals surface area contributed by atoms with Crippen LogP contribution in [0.25, 0.3) is 0 Å². The van der Waals surface area contributed by atoms with Gasteiger partial charge in [0.2, 0.25) is 5.91 Å². The Bertz CT molecular complexity index is 439. The molecule has 0 aliphatic rings. The van der Waals surface area contributed by atoms with Crippen LogP contribution in [0.4, 0.5) is 11.6 Å². The van der Waals surface area contributed by atoms with Crippen molar-refractivity contribution >= 4 is 17.5 Å². The van der Waals surface area contributed by atoms with Crippen molar-refractivity contribution in [2.75, 3.05) is 23.7 Å². The minimum absolute atomic E-state index is 0.0613. The quantitative estimate of drug-likeness (QED) is 0.752. The molecular formula is C13H23N5O. The van der Waals surface area contributed by atoms with Gasteiger partial charge in [-0.3, -0.25) is 4.79 Å². The Morgan fingerprint density at radius 3 is 2.32 bits per heavy atom. The van der Waals surface area contributed by atoms with E-state index in [2.05, 4.69) is 25.9 Å². The highest BCUT2D eigenvalue weighted by molar-refractivity contribution is 5.81. The summed E-state index contributed by atoms with van der Waals surface area (Å²) in [6.45, 7) is 10.7. The summed E-state index contributed by atoms with van der Waals surface area (Å²) in [6.07, 6.45) is 0. The highest BCUT2D eigenvalue weighted by Gasteiger charge is 2.13. The van der Waals surface area contributed by atoms with E-state index in [1.165, 1.54) is 0 Å². The zero-order valence-corrected chi connectivity index (χ0v) is 12.3. The number of nitrogens with one attached hydrogen (secondary N) is 3. The molecule has 0 atom stereocenters. The number of hydrogen-bond acceptors (Lipinski definition) is 5. The highest BCUT2D eigenvalue weighted by Crippen LogP contribution is 2.10. The fourth-order valence-electron chi connectivity index (χ4n) is 1.56. The molecule has 1 rings (SSSR count).